The summed E-state index contributed by atoms with van der Waals surface area (Å²) in [5.74, 6) is -0.831. The molecule has 1 rings (SSSR count). The number of hydrogen-bond donors (Lipinski definition) is 3. The lowest BCUT2D eigenvalue weighted by Crippen LogP contribution is -2.43. The van der Waals surface area contributed by atoms with Gasteiger partial charge in [-0.3, -0.25) is 9.59 Å². The van der Waals surface area contributed by atoms with Crippen LogP contribution in [0, 0.1) is 0 Å². The number of aliphatic hydroxyl groups is 1. The fraction of sp³-hybridized carbons (Fsp3) is 0.429. The van der Waals surface area contributed by atoms with Gasteiger partial charge in [0.15, 0.2) is 0 Å². The third kappa shape index (κ3) is 4.89. The Bertz CT molecular complexity index is 441. The van der Waals surface area contributed by atoms with E-state index in [1.54, 1.807) is 24.3 Å². The summed E-state index contributed by atoms with van der Waals surface area (Å²) in [7, 11) is 0. The molecular formula is C14H20N2O4. The molecule has 0 aliphatic carbocycles. The predicted octanol–water partition coefficient (Wildman–Crippen LogP) is 0.911. The Kier molecular flexibility index (Phi) is 6.52. The van der Waals surface area contributed by atoms with E-state index in [2.05, 4.69) is 10.6 Å². The number of hydrogen-bond acceptors (Lipinski definition) is 4. The van der Waals surface area contributed by atoms with Gasteiger partial charge in [-0.25, -0.2) is 0 Å². The maximum atomic E-state index is 11.7. The molecule has 0 aromatic heterocycles. The minimum atomic E-state index is -0.764. The molecule has 1 aromatic rings. The first kappa shape index (κ1) is 16.0. The van der Waals surface area contributed by atoms with Crippen molar-refractivity contribution in [3.8, 4) is 5.75 Å². The van der Waals surface area contributed by atoms with Crippen molar-refractivity contribution in [1.82, 2.24) is 5.32 Å². The highest BCUT2D eigenvalue weighted by atomic mass is 16.5. The molecule has 0 heterocycles. The highest BCUT2D eigenvalue weighted by molar-refractivity contribution is 6.39. The minimum Gasteiger partial charge on any atom is -0.494 e. The molecule has 0 saturated carbocycles. The van der Waals surface area contributed by atoms with E-state index in [-0.39, 0.29) is 6.61 Å². The summed E-state index contributed by atoms with van der Waals surface area (Å²) < 4.78 is 5.28. The van der Waals surface area contributed by atoms with Crippen molar-refractivity contribution in [2.45, 2.75) is 26.3 Å². The van der Waals surface area contributed by atoms with Gasteiger partial charge in [-0.1, -0.05) is 6.92 Å². The van der Waals surface area contributed by atoms with Gasteiger partial charge >= 0.3 is 11.8 Å². The molecule has 20 heavy (non-hydrogen) atoms. The molecule has 110 valence electrons. The number of anilines is 1. The number of carbonyl (C=O) groups excluding carboxylic acids is 2. The summed E-state index contributed by atoms with van der Waals surface area (Å²) >= 11 is 0. The van der Waals surface area contributed by atoms with E-state index < -0.39 is 17.9 Å². The smallest absolute Gasteiger partial charge is 0.313 e. The summed E-state index contributed by atoms with van der Waals surface area (Å²) in [5.41, 5.74) is 0.505. The number of ether oxygens (including phenoxy) is 1. The zero-order valence-corrected chi connectivity index (χ0v) is 11.7. The minimum absolute atomic E-state index is 0.196. The Morgan fingerprint density at radius 3 is 2.35 bits per heavy atom. The van der Waals surface area contributed by atoms with Crippen molar-refractivity contribution in [2.75, 3.05) is 18.5 Å². The highest BCUT2D eigenvalue weighted by Crippen LogP contribution is 2.15. The zero-order chi connectivity index (χ0) is 15.0. The maximum Gasteiger partial charge on any atom is 0.313 e. The van der Waals surface area contributed by atoms with E-state index in [4.69, 9.17) is 9.84 Å². The first-order valence-electron chi connectivity index (χ1n) is 6.56. The number of benzene rings is 1. The summed E-state index contributed by atoms with van der Waals surface area (Å²) in [5, 5.41) is 13.9. The third-order valence-electron chi connectivity index (χ3n) is 2.68. The Hall–Kier alpha value is -2.08. The fourth-order valence-electron chi connectivity index (χ4n) is 1.52. The lowest BCUT2D eigenvalue weighted by atomic mass is 10.2. The zero-order valence-electron chi connectivity index (χ0n) is 11.7. The van der Waals surface area contributed by atoms with Gasteiger partial charge in [0.2, 0.25) is 0 Å². The molecule has 2 amide bonds. The standard InChI is InChI=1S/C14H20N2O4/c1-3-10(9-17)15-13(18)14(19)16-11-5-7-12(8-6-11)20-4-2/h5-8,10,17H,3-4,9H2,1-2H3,(H,15,18)(H,16,19)/t10-/m0/s1. The van der Waals surface area contributed by atoms with E-state index in [1.807, 2.05) is 13.8 Å². The summed E-state index contributed by atoms with van der Waals surface area (Å²) in [6.45, 7) is 4.06. The first-order valence-corrected chi connectivity index (χ1v) is 6.56. The molecule has 0 unspecified atom stereocenters. The molecule has 0 fully saturated rings. The van der Waals surface area contributed by atoms with Gasteiger partial charge < -0.3 is 20.5 Å². The van der Waals surface area contributed by atoms with Gasteiger partial charge in [-0.15, -0.1) is 0 Å². The maximum absolute atomic E-state index is 11.7. The van der Waals surface area contributed by atoms with Crippen molar-refractivity contribution >= 4 is 17.5 Å². The van der Waals surface area contributed by atoms with Crippen LogP contribution in [0.5, 0.6) is 5.75 Å². The first-order chi connectivity index (χ1) is 9.60. The van der Waals surface area contributed by atoms with Crippen LogP contribution in [0.25, 0.3) is 0 Å². The molecule has 0 spiro atoms. The molecule has 1 atom stereocenters. The normalized spacial score (nSPS) is 11.6. The van der Waals surface area contributed by atoms with Crippen LogP contribution in [0.1, 0.15) is 20.3 Å². The number of amides is 2. The fourth-order valence-corrected chi connectivity index (χ4v) is 1.52. The molecule has 6 nitrogen and oxygen atoms in total. The largest absolute Gasteiger partial charge is 0.494 e. The van der Waals surface area contributed by atoms with E-state index in [0.29, 0.717) is 24.5 Å². The average Bonchev–Trinajstić information content (AvgIpc) is 2.46. The molecule has 3 N–H and O–H groups in total. The van der Waals surface area contributed by atoms with Crippen molar-refractivity contribution < 1.29 is 19.4 Å². The Morgan fingerprint density at radius 1 is 1.20 bits per heavy atom. The second-order valence-corrected chi connectivity index (χ2v) is 4.17. The molecule has 6 heteroatoms. The van der Waals surface area contributed by atoms with Crippen LogP contribution in [0.15, 0.2) is 24.3 Å². The number of rotatable bonds is 6. The topological polar surface area (TPSA) is 87.7 Å². The van der Waals surface area contributed by atoms with Gasteiger partial charge in [0.05, 0.1) is 19.3 Å². The second-order valence-electron chi connectivity index (χ2n) is 4.17. The van der Waals surface area contributed by atoms with Crippen LogP contribution in [0.3, 0.4) is 0 Å². The Morgan fingerprint density at radius 2 is 1.85 bits per heavy atom. The van der Waals surface area contributed by atoms with E-state index >= 15 is 0 Å². The SMILES string of the molecule is CCOc1ccc(NC(=O)C(=O)N[C@@H](CC)CO)cc1. The van der Waals surface area contributed by atoms with Crippen LogP contribution >= 0.6 is 0 Å². The predicted molar refractivity (Wildman–Crippen MR) is 75.5 cm³/mol. The molecule has 0 radical (unpaired) electrons. The molecule has 0 saturated heterocycles. The van der Waals surface area contributed by atoms with E-state index in [9.17, 15) is 9.59 Å². The summed E-state index contributed by atoms with van der Waals surface area (Å²) in [6.07, 6.45) is 0.554. The molecule has 0 aliphatic heterocycles. The number of aliphatic hydroxyl groups excluding tert-OH is 1. The van der Waals surface area contributed by atoms with Gasteiger partial charge in [0.1, 0.15) is 5.75 Å². The van der Waals surface area contributed by atoms with Crippen LogP contribution in [0.2, 0.25) is 0 Å². The quantitative estimate of drug-likeness (QED) is 0.676. The third-order valence-corrected chi connectivity index (χ3v) is 2.68. The number of nitrogens with one attached hydrogen (secondary N) is 2. The van der Waals surface area contributed by atoms with Crippen molar-refractivity contribution in [3.63, 3.8) is 0 Å². The Labute approximate surface area is 118 Å². The van der Waals surface area contributed by atoms with Crippen molar-refractivity contribution in [2.24, 2.45) is 0 Å². The lowest BCUT2D eigenvalue weighted by molar-refractivity contribution is -0.136. The highest BCUT2D eigenvalue weighted by Gasteiger charge is 2.17. The van der Waals surface area contributed by atoms with Gasteiger partial charge in [-0.2, -0.15) is 0 Å². The molecule has 1 aromatic carbocycles. The van der Waals surface area contributed by atoms with E-state index in [0.717, 1.165) is 0 Å². The van der Waals surface area contributed by atoms with Gasteiger partial charge in [0, 0.05) is 5.69 Å². The van der Waals surface area contributed by atoms with Crippen molar-refractivity contribution in [3.05, 3.63) is 24.3 Å². The van der Waals surface area contributed by atoms with Gasteiger partial charge in [0.25, 0.3) is 0 Å². The monoisotopic (exact) mass is 280 g/mol. The van der Waals surface area contributed by atoms with Crippen LogP contribution in [0.4, 0.5) is 5.69 Å². The second kappa shape index (κ2) is 8.16. The van der Waals surface area contributed by atoms with Gasteiger partial charge in [-0.05, 0) is 37.6 Å². The molecule has 0 bridgehead atoms. The van der Waals surface area contributed by atoms with Crippen molar-refractivity contribution in [1.29, 1.82) is 0 Å². The number of carbonyl (C=O) groups is 2. The average molecular weight is 280 g/mol. The van der Waals surface area contributed by atoms with Crippen LogP contribution in [-0.4, -0.2) is 36.2 Å². The lowest BCUT2D eigenvalue weighted by Gasteiger charge is -2.13. The summed E-state index contributed by atoms with van der Waals surface area (Å²) in [4.78, 5) is 23.2. The molecule has 0 aliphatic rings. The summed E-state index contributed by atoms with van der Waals surface area (Å²) in [6, 6.07) is 6.31. The van der Waals surface area contributed by atoms with E-state index in [1.165, 1.54) is 0 Å². The van der Waals surface area contributed by atoms with Crippen LogP contribution < -0.4 is 15.4 Å². The molecular weight excluding hydrogens is 260 g/mol. The van der Waals surface area contributed by atoms with Crippen LogP contribution in [-0.2, 0) is 9.59 Å². The Balaban J connectivity index is 2.54.